The van der Waals surface area contributed by atoms with Crippen LogP contribution < -0.4 is 5.32 Å². The smallest absolute Gasteiger partial charge is 0.222 e. The van der Waals surface area contributed by atoms with E-state index in [1.807, 2.05) is 18.7 Å². The van der Waals surface area contributed by atoms with Crippen LogP contribution in [0.1, 0.15) is 52.4 Å². The lowest BCUT2D eigenvalue weighted by molar-refractivity contribution is -0.130. The largest absolute Gasteiger partial charge is 0.356 e. The van der Waals surface area contributed by atoms with Crippen LogP contribution in [0.15, 0.2) is 0 Å². The molecule has 0 radical (unpaired) electrons. The van der Waals surface area contributed by atoms with Crippen molar-refractivity contribution in [1.29, 1.82) is 0 Å². The predicted octanol–water partition coefficient (Wildman–Crippen LogP) is 1.94. The van der Waals surface area contributed by atoms with Gasteiger partial charge in [0.25, 0.3) is 0 Å². The van der Waals surface area contributed by atoms with Gasteiger partial charge in [-0.15, -0.1) is 0 Å². The lowest BCUT2D eigenvalue weighted by Gasteiger charge is -2.20. The fraction of sp³-hybridized carbons (Fsp3) is 0.857. The molecule has 1 aliphatic heterocycles. The van der Waals surface area contributed by atoms with Crippen molar-refractivity contribution in [2.75, 3.05) is 19.6 Å². The summed E-state index contributed by atoms with van der Waals surface area (Å²) >= 11 is 0. The van der Waals surface area contributed by atoms with Gasteiger partial charge in [0.05, 0.1) is 0 Å². The predicted molar refractivity (Wildman–Crippen MR) is 72.1 cm³/mol. The van der Waals surface area contributed by atoms with Crippen LogP contribution in [0.2, 0.25) is 0 Å². The maximum atomic E-state index is 11.7. The van der Waals surface area contributed by atoms with Gasteiger partial charge in [0.15, 0.2) is 0 Å². The van der Waals surface area contributed by atoms with Gasteiger partial charge in [0, 0.05) is 32.0 Å². The van der Waals surface area contributed by atoms with E-state index >= 15 is 0 Å². The third-order valence-corrected chi connectivity index (χ3v) is 3.64. The van der Waals surface area contributed by atoms with Crippen LogP contribution in [0.4, 0.5) is 0 Å². The normalized spacial score (nSPS) is 18.3. The molecule has 1 saturated heterocycles. The van der Waals surface area contributed by atoms with Crippen molar-refractivity contribution in [3.8, 4) is 0 Å². The van der Waals surface area contributed by atoms with Crippen molar-refractivity contribution in [1.82, 2.24) is 10.2 Å². The van der Waals surface area contributed by atoms with E-state index in [0.29, 0.717) is 13.0 Å². The van der Waals surface area contributed by atoms with Gasteiger partial charge < -0.3 is 10.2 Å². The number of hydrogen-bond donors (Lipinski definition) is 1. The van der Waals surface area contributed by atoms with Crippen LogP contribution in [0.25, 0.3) is 0 Å². The fourth-order valence-electron chi connectivity index (χ4n) is 2.12. The number of likely N-dealkylation sites (tertiary alicyclic amines) is 1. The van der Waals surface area contributed by atoms with E-state index in [1.165, 1.54) is 0 Å². The van der Waals surface area contributed by atoms with Crippen LogP contribution in [0.5, 0.6) is 0 Å². The topological polar surface area (TPSA) is 49.4 Å². The highest BCUT2D eigenvalue weighted by Gasteiger charge is 2.16. The average molecular weight is 254 g/mol. The molecule has 104 valence electrons. The van der Waals surface area contributed by atoms with E-state index in [-0.39, 0.29) is 17.7 Å². The number of carbonyl (C=O) groups excluding carboxylic acids is 2. The zero-order chi connectivity index (χ0) is 13.4. The molecule has 0 unspecified atom stereocenters. The zero-order valence-corrected chi connectivity index (χ0v) is 11.7. The van der Waals surface area contributed by atoms with E-state index in [1.54, 1.807) is 0 Å². The molecule has 1 heterocycles. The standard InChI is InChI=1S/C14H26N2O2/c1-3-12(2)14(18)15-9-7-11-16-10-6-4-5-8-13(16)17/h12H,3-11H2,1-2H3,(H,15,18)/t12-/m1/s1. The quantitative estimate of drug-likeness (QED) is 0.736. The van der Waals surface area contributed by atoms with Crippen molar-refractivity contribution in [3.05, 3.63) is 0 Å². The number of amides is 2. The van der Waals surface area contributed by atoms with E-state index in [9.17, 15) is 9.59 Å². The molecular formula is C14H26N2O2. The Kier molecular flexibility index (Phi) is 6.76. The highest BCUT2D eigenvalue weighted by atomic mass is 16.2. The molecule has 18 heavy (non-hydrogen) atoms. The molecule has 1 aliphatic rings. The Balaban J connectivity index is 2.16. The molecule has 0 aromatic heterocycles. The van der Waals surface area contributed by atoms with Gasteiger partial charge in [-0.25, -0.2) is 0 Å². The summed E-state index contributed by atoms with van der Waals surface area (Å²) in [4.78, 5) is 25.2. The minimum Gasteiger partial charge on any atom is -0.356 e. The SMILES string of the molecule is CC[C@@H](C)C(=O)NCCCN1CCCCCC1=O. The van der Waals surface area contributed by atoms with Crippen LogP contribution in [0.3, 0.4) is 0 Å². The number of nitrogens with zero attached hydrogens (tertiary/aromatic N) is 1. The Morgan fingerprint density at radius 1 is 1.39 bits per heavy atom. The second-order valence-electron chi connectivity index (χ2n) is 5.15. The van der Waals surface area contributed by atoms with Gasteiger partial charge in [-0.1, -0.05) is 20.3 Å². The third kappa shape index (κ3) is 5.07. The number of rotatable bonds is 6. The highest BCUT2D eigenvalue weighted by molar-refractivity contribution is 5.78. The maximum Gasteiger partial charge on any atom is 0.222 e. The summed E-state index contributed by atoms with van der Waals surface area (Å²) in [5.41, 5.74) is 0. The summed E-state index contributed by atoms with van der Waals surface area (Å²) < 4.78 is 0. The zero-order valence-electron chi connectivity index (χ0n) is 11.7. The summed E-state index contributed by atoms with van der Waals surface area (Å²) in [6, 6.07) is 0. The Hall–Kier alpha value is -1.06. The number of carbonyl (C=O) groups is 2. The minimum absolute atomic E-state index is 0.0878. The molecule has 1 rings (SSSR count). The van der Waals surface area contributed by atoms with Crippen LogP contribution in [-0.4, -0.2) is 36.3 Å². The van der Waals surface area contributed by atoms with Gasteiger partial charge in [0.2, 0.25) is 11.8 Å². The molecule has 1 fully saturated rings. The number of hydrogen-bond acceptors (Lipinski definition) is 2. The Labute approximate surface area is 110 Å². The van der Waals surface area contributed by atoms with Crippen molar-refractivity contribution >= 4 is 11.8 Å². The first-order valence-electron chi connectivity index (χ1n) is 7.20. The van der Waals surface area contributed by atoms with Gasteiger partial charge in [-0.2, -0.15) is 0 Å². The van der Waals surface area contributed by atoms with Crippen molar-refractivity contribution in [3.63, 3.8) is 0 Å². The van der Waals surface area contributed by atoms with Crippen molar-refractivity contribution in [2.24, 2.45) is 5.92 Å². The first-order valence-corrected chi connectivity index (χ1v) is 7.20. The second kappa shape index (κ2) is 8.11. The molecule has 1 N–H and O–H groups in total. The maximum absolute atomic E-state index is 11.7. The fourth-order valence-corrected chi connectivity index (χ4v) is 2.12. The van der Waals surface area contributed by atoms with Crippen molar-refractivity contribution < 1.29 is 9.59 Å². The van der Waals surface area contributed by atoms with E-state index in [2.05, 4.69) is 5.32 Å². The lowest BCUT2D eigenvalue weighted by Crippen LogP contribution is -2.35. The van der Waals surface area contributed by atoms with E-state index < -0.39 is 0 Å². The average Bonchev–Trinajstić information content (AvgIpc) is 2.58. The van der Waals surface area contributed by atoms with Crippen LogP contribution in [0, 0.1) is 5.92 Å². The molecule has 4 heteroatoms. The first-order chi connectivity index (χ1) is 8.65. The molecule has 4 nitrogen and oxygen atoms in total. The Morgan fingerprint density at radius 3 is 2.89 bits per heavy atom. The first kappa shape index (κ1) is 15.0. The molecule has 0 aliphatic carbocycles. The Morgan fingerprint density at radius 2 is 2.17 bits per heavy atom. The molecule has 0 saturated carbocycles. The summed E-state index contributed by atoms with van der Waals surface area (Å²) in [6.45, 7) is 6.29. The number of nitrogens with one attached hydrogen (secondary N) is 1. The van der Waals surface area contributed by atoms with Crippen molar-refractivity contribution in [2.45, 2.75) is 52.4 Å². The summed E-state index contributed by atoms with van der Waals surface area (Å²) in [5.74, 6) is 0.491. The minimum atomic E-state index is 0.0878. The van der Waals surface area contributed by atoms with E-state index in [4.69, 9.17) is 0 Å². The van der Waals surface area contributed by atoms with Gasteiger partial charge in [0.1, 0.15) is 0 Å². The van der Waals surface area contributed by atoms with Gasteiger partial charge >= 0.3 is 0 Å². The van der Waals surface area contributed by atoms with Gasteiger partial charge in [-0.3, -0.25) is 9.59 Å². The molecule has 0 spiro atoms. The molecule has 0 aromatic carbocycles. The molecule has 0 aromatic rings. The third-order valence-electron chi connectivity index (χ3n) is 3.64. The van der Waals surface area contributed by atoms with Gasteiger partial charge in [-0.05, 0) is 25.7 Å². The summed E-state index contributed by atoms with van der Waals surface area (Å²) in [7, 11) is 0. The molecule has 2 amide bonds. The molecule has 0 bridgehead atoms. The monoisotopic (exact) mass is 254 g/mol. The van der Waals surface area contributed by atoms with Crippen LogP contribution in [-0.2, 0) is 9.59 Å². The summed E-state index contributed by atoms with van der Waals surface area (Å²) in [5, 5.41) is 2.93. The highest BCUT2D eigenvalue weighted by Crippen LogP contribution is 2.11. The van der Waals surface area contributed by atoms with Crippen LogP contribution >= 0.6 is 0 Å². The second-order valence-corrected chi connectivity index (χ2v) is 5.15. The van der Waals surface area contributed by atoms with E-state index in [0.717, 1.165) is 45.2 Å². The summed E-state index contributed by atoms with van der Waals surface area (Å²) in [6.07, 6.45) is 5.72. The Bertz CT molecular complexity index is 279. The molecule has 1 atom stereocenters. The lowest BCUT2D eigenvalue weighted by atomic mass is 10.1. The molecular weight excluding hydrogens is 228 g/mol.